The van der Waals surface area contributed by atoms with E-state index in [1.165, 1.54) is 0 Å². The van der Waals surface area contributed by atoms with Crippen LogP contribution < -0.4 is 5.69 Å². The van der Waals surface area contributed by atoms with E-state index in [4.69, 9.17) is 6.42 Å². The molecule has 14 heavy (non-hydrogen) atoms. The first-order chi connectivity index (χ1) is 6.77. The number of aromatic amines is 1. The van der Waals surface area contributed by atoms with Crippen molar-refractivity contribution in [2.45, 2.75) is 18.9 Å². The minimum Gasteiger partial charge on any atom is -0.304 e. The van der Waals surface area contributed by atoms with Gasteiger partial charge in [-0.3, -0.25) is 9.56 Å². The summed E-state index contributed by atoms with van der Waals surface area (Å²) in [6.45, 7) is 0. The molecule has 1 aromatic heterocycles. The van der Waals surface area contributed by atoms with Crippen molar-refractivity contribution in [3.8, 4) is 12.3 Å². The van der Waals surface area contributed by atoms with Crippen LogP contribution in [0.25, 0.3) is 0 Å². The highest BCUT2D eigenvalue weighted by Crippen LogP contribution is 2.34. The third kappa shape index (κ3) is 1.27. The first-order valence-electron chi connectivity index (χ1n) is 4.51. The molecule has 0 unspecified atom stereocenters. The van der Waals surface area contributed by atoms with E-state index in [0.29, 0.717) is 17.4 Å². The van der Waals surface area contributed by atoms with Crippen molar-refractivity contribution in [1.29, 1.82) is 0 Å². The SMILES string of the molecule is C#Cc1c(C=NC)[nH]c(=O)n1C1CC1. The summed E-state index contributed by atoms with van der Waals surface area (Å²) in [5.74, 6) is 2.53. The quantitative estimate of drug-likeness (QED) is 0.535. The van der Waals surface area contributed by atoms with E-state index < -0.39 is 0 Å². The largest absolute Gasteiger partial charge is 0.327 e. The lowest BCUT2D eigenvalue weighted by Gasteiger charge is -1.98. The zero-order valence-electron chi connectivity index (χ0n) is 7.95. The maximum atomic E-state index is 11.5. The Morgan fingerprint density at radius 3 is 2.93 bits per heavy atom. The van der Waals surface area contributed by atoms with E-state index in [0.717, 1.165) is 12.8 Å². The normalized spacial score (nSPS) is 16.0. The van der Waals surface area contributed by atoms with Gasteiger partial charge in [0.2, 0.25) is 0 Å². The molecular formula is C10H11N3O. The van der Waals surface area contributed by atoms with Gasteiger partial charge < -0.3 is 4.98 Å². The second-order valence-electron chi connectivity index (χ2n) is 3.33. The van der Waals surface area contributed by atoms with Gasteiger partial charge in [-0.15, -0.1) is 6.42 Å². The molecule has 1 aromatic rings. The maximum Gasteiger partial charge on any atom is 0.327 e. The number of aliphatic imine (C=N–C) groups is 1. The monoisotopic (exact) mass is 189 g/mol. The molecule has 0 amide bonds. The van der Waals surface area contributed by atoms with Gasteiger partial charge in [-0.05, 0) is 18.8 Å². The summed E-state index contributed by atoms with van der Waals surface area (Å²) in [5, 5.41) is 0. The fourth-order valence-corrected chi connectivity index (χ4v) is 1.52. The van der Waals surface area contributed by atoms with Crippen LogP contribution in [0, 0.1) is 12.3 Å². The molecule has 0 aliphatic heterocycles. The van der Waals surface area contributed by atoms with Crippen molar-refractivity contribution < 1.29 is 0 Å². The van der Waals surface area contributed by atoms with Crippen LogP contribution in [0.4, 0.5) is 0 Å². The second kappa shape index (κ2) is 3.18. The molecule has 1 heterocycles. The van der Waals surface area contributed by atoms with E-state index in [1.807, 2.05) is 0 Å². The van der Waals surface area contributed by atoms with Crippen molar-refractivity contribution in [2.24, 2.45) is 4.99 Å². The Morgan fingerprint density at radius 2 is 2.43 bits per heavy atom. The molecule has 0 radical (unpaired) electrons. The lowest BCUT2D eigenvalue weighted by molar-refractivity contribution is 0.702. The summed E-state index contributed by atoms with van der Waals surface area (Å²) in [4.78, 5) is 18.1. The minimum absolute atomic E-state index is 0.129. The lowest BCUT2D eigenvalue weighted by atomic mass is 10.3. The molecule has 1 aliphatic carbocycles. The predicted octanol–water partition coefficient (Wildman–Crippen LogP) is 0.541. The van der Waals surface area contributed by atoms with E-state index >= 15 is 0 Å². The molecule has 1 aliphatic rings. The van der Waals surface area contributed by atoms with Crippen molar-refractivity contribution in [2.75, 3.05) is 7.05 Å². The van der Waals surface area contributed by atoms with Gasteiger partial charge >= 0.3 is 5.69 Å². The Kier molecular flexibility index (Phi) is 2.01. The minimum atomic E-state index is -0.129. The smallest absolute Gasteiger partial charge is 0.304 e. The topological polar surface area (TPSA) is 50.1 Å². The fraction of sp³-hybridized carbons (Fsp3) is 0.400. The molecular weight excluding hydrogens is 178 g/mol. The molecule has 4 heteroatoms. The number of terminal acetylenes is 1. The molecule has 0 saturated heterocycles. The number of H-pyrrole nitrogens is 1. The van der Waals surface area contributed by atoms with Gasteiger partial charge in [0.15, 0.2) is 0 Å². The second-order valence-corrected chi connectivity index (χ2v) is 3.33. The van der Waals surface area contributed by atoms with Crippen molar-refractivity contribution in [1.82, 2.24) is 9.55 Å². The number of hydrogen-bond acceptors (Lipinski definition) is 2. The van der Waals surface area contributed by atoms with Gasteiger partial charge in [0, 0.05) is 19.3 Å². The fourth-order valence-electron chi connectivity index (χ4n) is 1.52. The van der Waals surface area contributed by atoms with Crippen LogP contribution in [0.15, 0.2) is 9.79 Å². The summed E-state index contributed by atoms with van der Waals surface area (Å²) in [6, 6.07) is 0.295. The molecule has 2 rings (SSSR count). The van der Waals surface area contributed by atoms with E-state index in [9.17, 15) is 4.79 Å². The number of rotatable bonds is 2. The van der Waals surface area contributed by atoms with Crippen molar-refractivity contribution >= 4 is 6.21 Å². The van der Waals surface area contributed by atoms with Crippen LogP contribution in [0.3, 0.4) is 0 Å². The van der Waals surface area contributed by atoms with Gasteiger partial charge in [0.05, 0.1) is 5.69 Å². The highest BCUT2D eigenvalue weighted by molar-refractivity contribution is 5.80. The van der Waals surface area contributed by atoms with Gasteiger partial charge in [-0.25, -0.2) is 4.79 Å². The highest BCUT2D eigenvalue weighted by Gasteiger charge is 2.28. The van der Waals surface area contributed by atoms with Crippen LogP contribution in [0.1, 0.15) is 30.3 Å². The zero-order valence-corrected chi connectivity index (χ0v) is 7.95. The Balaban J connectivity index is 2.59. The molecule has 72 valence electrons. The number of imidazole rings is 1. The number of aromatic nitrogens is 2. The first kappa shape index (κ1) is 8.82. The van der Waals surface area contributed by atoms with Gasteiger partial charge in [-0.1, -0.05) is 0 Å². The first-order valence-corrected chi connectivity index (χ1v) is 4.51. The van der Waals surface area contributed by atoms with Crippen LogP contribution >= 0.6 is 0 Å². The van der Waals surface area contributed by atoms with Crippen LogP contribution in [-0.2, 0) is 0 Å². The molecule has 1 fully saturated rings. The summed E-state index contributed by atoms with van der Waals surface area (Å²) in [7, 11) is 1.65. The Bertz CT molecular complexity index is 469. The summed E-state index contributed by atoms with van der Waals surface area (Å²) >= 11 is 0. The van der Waals surface area contributed by atoms with E-state index in [2.05, 4.69) is 15.9 Å². The molecule has 1 N–H and O–H groups in total. The summed E-state index contributed by atoms with van der Waals surface area (Å²) in [5.41, 5.74) is 1.12. The summed E-state index contributed by atoms with van der Waals surface area (Å²) in [6.07, 6.45) is 9.02. The standard InChI is InChI=1S/C10H11N3O/c1-3-9-8(6-11-2)12-10(14)13(9)7-4-5-7/h1,6-7H,4-5H2,2H3,(H,12,14). The van der Waals surface area contributed by atoms with Crippen LogP contribution in [0.2, 0.25) is 0 Å². The lowest BCUT2D eigenvalue weighted by Crippen LogP contribution is -2.16. The average Bonchev–Trinajstić information content (AvgIpc) is 2.93. The number of hydrogen-bond donors (Lipinski definition) is 1. The van der Waals surface area contributed by atoms with Gasteiger partial charge in [-0.2, -0.15) is 0 Å². The summed E-state index contributed by atoms with van der Waals surface area (Å²) < 4.78 is 1.65. The number of nitrogens with one attached hydrogen (secondary N) is 1. The Labute approximate surface area is 81.7 Å². The van der Waals surface area contributed by atoms with Crippen LogP contribution in [0.5, 0.6) is 0 Å². The van der Waals surface area contributed by atoms with Gasteiger partial charge in [0.25, 0.3) is 0 Å². The predicted molar refractivity (Wildman–Crippen MR) is 54.8 cm³/mol. The van der Waals surface area contributed by atoms with Crippen molar-refractivity contribution in [3.63, 3.8) is 0 Å². The average molecular weight is 189 g/mol. The van der Waals surface area contributed by atoms with Crippen LogP contribution in [-0.4, -0.2) is 22.8 Å². The zero-order chi connectivity index (χ0) is 10.1. The van der Waals surface area contributed by atoms with Gasteiger partial charge in [0.1, 0.15) is 5.69 Å². The maximum absolute atomic E-state index is 11.5. The third-order valence-electron chi connectivity index (χ3n) is 2.26. The molecule has 0 spiro atoms. The highest BCUT2D eigenvalue weighted by atomic mass is 16.1. The molecule has 0 bridgehead atoms. The van der Waals surface area contributed by atoms with E-state index in [1.54, 1.807) is 17.8 Å². The molecule has 0 aromatic carbocycles. The third-order valence-corrected chi connectivity index (χ3v) is 2.26. The number of nitrogens with zero attached hydrogens (tertiary/aromatic N) is 2. The van der Waals surface area contributed by atoms with E-state index in [-0.39, 0.29) is 5.69 Å². The van der Waals surface area contributed by atoms with Crippen molar-refractivity contribution in [3.05, 3.63) is 21.9 Å². The Hall–Kier alpha value is -1.76. The Morgan fingerprint density at radius 1 is 1.71 bits per heavy atom. The molecule has 4 nitrogen and oxygen atoms in total. The molecule has 1 saturated carbocycles. The molecule has 0 atom stereocenters.